The molecule has 0 aliphatic heterocycles. The van der Waals surface area contributed by atoms with Gasteiger partial charge in [-0.3, -0.25) is 0 Å². The summed E-state index contributed by atoms with van der Waals surface area (Å²) in [5, 5.41) is 12.4. The zero-order chi connectivity index (χ0) is 11.4. The first-order valence-corrected chi connectivity index (χ1v) is 5.74. The molecule has 0 amide bonds. The standard InChI is InChI=1S/C12H12BrNO2/c13-10-4-3-9(8-15)12(6-10)14-7-11-2-1-5-16-11/h1-6,14-15H,7-8H2. The molecular formula is C12H12BrNO2. The molecule has 0 spiro atoms. The lowest BCUT2D eigenvalue weighted by Gasteiger charge is -2.09. The lowest BCUT2D eigenvalue weighted by atomic mass is 10.2. The van der Waals surface area contributed by atoms with E-state index in [0.717, 1.165) is 21.5 Å². The first-order chi connectivity index (χ1) is 7.79. The van der Waals surface area contributed by atoms with Crippen molar-refractivity contribution in [3.05, 3.63) is 52.4 Å². The second-order valence-corrected chi connectivity index (χ2v) is 4.31. The van der Waals surface area contributed by atoms with Gasteiger partial charge < -0.3 is 14.8 Å². The summed E-state index contributed by atoms with van der Waals surface area (Å²) in [4.78, 5) is 0. The summed E-state index contributed by atoms with van der Waals surface area (Å²) >= 11 is 3.40. The largest absolute Gasteiger partial charge is 0.467 e. The molecule has 3 nitrogen and oxygen atoms in total. The number of hydrogen-bond donors (Lipinski definition) is 2. The third-order valence-corrected chi connectivity index (χ3v) is 2.77. The van der Waals surface area contributed by atoms with Gasteiger partial charge in [-0.2, -0.15) is 0 Å². The Bertz CT molecular complexity index is 454. The molecule has 2 aromatic rings. The summed E-state index contributed by atoms with van der Waals surface area (Å²) in [6, 6.07) is 9.49. The molecule has 4 heteroatoms. The molecule has 0 unspecified atom stereocenters. The van der Waals surface area contributed by atoms with Gasteiger partial charge in [0.15, 0.2) is 0 Å². The molecule has 0 aliphatic carbocycles. The molecule has 1 heterocycles. The molecule has 0 atom stereocenters. The number of anilines is 1. The van der Waals surface area contributed by atoms with Gasteiger partial charge in [0.2, 0.25) is 0 Å². The molecule has 2 N–H and O–H groups in total. The number of aliphatic hydroxyl groups is 1. The summed E-state index contributed by atoms with van der Waals surface area (Å²) in [7, 11) is 0. The normalized spacial score (nSPS) is 10.4. The minimum atomic E-state index is 0.0216. The third-order valence-electron chi connectivity index (χ3n) is 2.28. The molecule has 0 aliphatic rings. The van der Waals surface area contributed by atoms with Crippen LogP contribution in [0, 0.1) is 0 Å². The van der Waals surface area contributed by atoms with Gasteiger partial charge in [0.1, 0.15) is 5.76 Å². The molecule has 2 rings (SSSR count). The molecule has 1 aromatic carbocycles. The fourth-order valence-corrected chi connectivity index (χ4v) is 1.81. The van der Waals surface area contributed by atoms with Gasteiger partial charge >= 0.3 is 0 Å². The highest BCUT2D eigenvalue weighted by Gasteiger charge is 2.03. The van der Waals surface area contributed by atoms with E-state index in [1.54, 1.807) is 6.26 Å². The first-order valence-electron chi connectivity index (χ1n) is 4.95. The Morgan fingerprint density at radius 2 is 2.19 bits per heavy atom. The van der Waals surface area contributed by atoms with E-state index in [1.165, 1.54) is 0 Å². The minimum Gasteiger partial charge on any atom is -0.467 e. The predicted molar refractivity (Wildman–Crippen MR) is 66.1 cm³/mol. The highest BCUT2D eigenvalue weighted by atomic mass is 79.9. The Morgan fingerprint density at radius 1 is 1.31 bits per heavy atom. The van der Waals surface area contributed by atoms with Crippen molar-refractivity contribution in [1.29, 1.82) is 0 Å². The Labute approximate surface area is 102 Å². The van der Waals surface area contributed by atoms with Crippen LogP contribution >= 0.6 is 15.9 Å². The van der Waals surface area contributed by atoms with E-state index in [1.807, 2.05) is 30.3 Å². The average molecular weight is 282 g/mol. The second kappa shape index (κ2) is 5.18. The summed E-state index contributed by atoms with van der Waals surface area (Å²) in [6.07, 6.45) is 1.64. The van der Waals surface area contributed by atoms with Crippen molar-refractivity contribution in [2.75, 3.05) is 5.32 Å². The SMILES string of the molecule is OCc1ccc(Br)cc1NCc1ccco1. The van der Waals surface area contributed by atoms with Crippen LogP contribution in [0.5, 0.6) is 0 Å². The monoisotopic (exact) mass is 281 g/mol. The van der Waals surface area contributed by atoms with Gasteiger partial charge in [-0.1, -0.05) is 22.0 Å². The van der Waals surface area contributed by atoms with Gasteiger partial charge in [0.25, 0.3) is 0 Å². The van der Waals surface area contributed by atoms with E-state index in [4.69, 9.17) is 4.42 Å². The fraction of sp³-hybridized carbons (Fsp3) is 0.167. The van der Waals surface area contributed by atoms with Crippen LogP contribution in [0.1, 0.15) is 11.3 Å². The molecule has 1 aromatic heterocycles. The van der Waals surface area contributed by atoms with Crippen LogP contribution < -0.4 is 5.32 Å². The van der Waals surface area contributed by atoms with Crippen LogP contribution in [0.15, 0.2) is 45.5 Å². The van der Waals surface area contributed by atoms with E-state index < -0.39 is 0 Å². The van der Waals surface area contributed by atoms with Gasteiger partial charge in [0, 0.05) is 15.7 Å². The predicted octanol–water partition coefficient (Wildman–Crippen LogP) is 3.15. The number of halogens is 1. The number of nitrogens with one attached hydrogen (secondary N) is 1. The Hall–Kier alpha value is -1.26. The van der Waals surface area contributed by atoms with Crippen molar-refractivity contribution >= 4 is 21.6 Å². The Morgan fingerprint density at radius 3 is 2.88 bits per heavy atom. The Balaban J connectivity index is 2.11. The molecular weight excluding hydrogens is 270 g/mol. The summed E-state index contributed by atoms with van der Waals surface area (Å²) < 4.78 is 6.20. The van der Waals surface area contributed by atoms with E-state index in [0.29, 0.717) is 6.54 Å². The van der Waals surface area contributed by atoms with Crippen LogP contribution in [0.3, 0.4) is 0 Å². The van der Waals surface area contributed by atoms with E-state index in [9.17, 15) is 5.11 Å². The maximum absolute atomic E-state index is 9.19. The summed E-state index contributed by atoms with van der Waals surface area (Å²) in [5.74, 6) is 0.865. The van der Waals surface area contributed by atoms with E-state index in [-0.39, 0.29) is 6.61 Å². The molecule has 0 radical (unpaired) electrons. The molecule has 0 bridgehead atoms. The smallest absolute Gasteiger partial charge is 0.122 e. The van der Waals surface area contributed by atoms with Crippen LogP contribution in [0.2, 0.25) is 0 Å². The highest BCUT2D eigenvalue weighted by Crippen LogP contribution is 2.22. The highest BCUT2D eigenvalue weighted by molar-refractivity contribution is 9.10. The molecule has 84 valence electrons. The van der Waals surface area contributed by atoms with Gasteiger partial charge in [-0.15, -0.1) is 0 Å². The number of aliphatic hydroxyl groups excluding tert-OH is 1. The third kappa shape index (κ3) is 2.65. The van der Waals surface area contributed by atoms with E-state index in [2.05, 4.69) is 21.2 Å². The minimum absolute atomic E-state index is 0.0216. The summed E-state index contributed by atoms with van der Waals surface area (Å²) in [6.45, 7) is 0.629. The summed E-state index contributed by atoms with van der Waals surface area (Å²) in [5.41, 5.74) is 1.78. The number of furan rings is 1. The number of rotatable bonds is 4. The van der Waals surface area contributed by atoms with Crippen LogP contribution in [-0.4, -0.2) is 5.11 Å². The van der Waals surface area contributed by atoms with Gasteiger partial charge in [-0.25, -0.2) is 0 Å². The van der Waals surface area contributed by atoms with Crippen molar-refractivity contribution in [3.8, 4) is 0 Å². The number of hydrogen-bond acceptors (Lipinski definition) is 3. The van der Waals surface area contributed by atoms with E-state index >= 15 is 0 Å². The van der Waals surface area contributed by atoms with Gasteiger partial charge in [0.05, 0.1) is 19.4 Å². The quantitative estimate of drug-likeness (QED) is 0.905. The molecule has 0 fully saturated rings. The second-order valence-electron chi connectivity index (χ2n) is 3.39. The van der Waals surface area contributed by atoms with Crippen molar-refractivity contribution in [3.63, 3.8) is 0 Å². The average Bonchev–Trinajstić information content (AvgIpc) is 2.79. The maximum atomic E-state index is 9.19. The first kappa shape index (κ1) is 11.2. The van der Waals surface area contributed by atoms with Gasteiger partial charge in [-0.05, 0) is 24.3 Å². The zero-order valence-corrected chi connectivity index (χ0v) is 10.2. The maximum Gasteiger partial charge on any atom is 0.122 e. The molecule has 16 heavy (non-hydrogen) atoms. The molecule has 0 saturated carbocycles. The topological polar surface area (TPSA) is 45.4 Å². The number of benzene rings is 1. The van der Waals surface area contributed by atoms with Crippen molar-refractivity contribution in [1.82, 2.24) is 0 Å². The van der Waals surface area contributed by atoms with Crippen LogP contribution in [0.25, 0.3) is 0 Å². The fourth-order valence-electron chi connectivity index (χ4n) is 1.45. The lowest BCUT2D eigenvalue weighted by Crippen LogP contribution is -2.01. The zero-order valence-electron chi connectivity index (χ0n) is 8.61. The Kier molecular flexibility index (Phi) is 3.64. The van der Waals surface area contributed by atoms with Crippen LogP contribution in [0.4, 0.5) is 5.69 Å². The van der Waals surface area contributed by atoms with Crippen molar-refractivity contribution < 1.29 is 9.52 Å². The van der Waals surface area contributed by atoms with Crippen molar-refractivity contribution in [2.45, 2.75) is 13.2 Å². The lowest BCUT2D eigenvalue weighted by molar-refractivity contribution is 0.282. The van der Waals surface area contributed by atoms with Crippen LogP contribution in [-0.2, 0) is 13.2 Å². The molecule has 0 saturated heterocycles. The van der Waals surface area contributed by atoms with Crippen molar-refractivity contribution in [2.24, 2.45) is 0 Å².